The molecule has 2 atom stereocenters. The maximum Gasteiger partial charge on any atom is 0.244 e. The number of hydrogen-bond acceptors (Lipinski definition) is 5. The molecule has 2 unspecified atom stereocenters. The number of rotatable bonds is 5. The van der Waals surface area contributed by atoms with Crippen molar-refractivity contribution in [3.05, 3.63) is 12.1 Å². The number of ether oxygens (including phenoxy) is 2. The Morgan fingerprint density at radius 3 is 2.38 bits per heavy atom. The molecule has 3 N–H and O–H groups in total. The number of anilines is 1. The van der Waals surface area contributed by atoms with Crippen molar-refractivity contribution in [1.29, 1.82) is 0 Å². The first kappa shape index (κ1) is 15.9. The van der Waals surface area contributed by atoms with E-state index in [1.165, 1.54) is 26.4 Å². The Kier molecular flexibility index (Phi) is 4.63. The van der Waals surface area contributed by atoms with E-state index in [2.05, 4.69) is 11.6 Å². The van der Waals surface area contributed by atoms with Gasteiger partial charge in [-0.3, -0.25) is 0 Å². The molecular weight excluding hydrogens is 292 g/mol. The third kappa shape index (κ3) is 3.41. The van der Waals surface area contributed by atoms with Crippen LogP contribution in [0.5, 0.6) is 11.5 Å². The second-order valence-corrected chi connectivity index (χ2v) is 7.16. The van der Waals surface area contributed by atoms with Crippen molar-refractivity contribution in [2.45, 2.75) is 37.1 Å². The molecule has 0 aromatic heterocycles. The predicted molar refractivity (Wildman–Crippen MR) is 81.1 cm³/mol. The van der Waals surface area contributed by atoms with Crippen LogP contribution >= 0.6 is 0 Å². The zero-order chi connectivity index (χ0) is 15.6. The van der Waals surface area contributed by atoms with Crippen molar-refractivity contribution in [1.82, 2.24) is 4.72 Å². The van der Waals surface area contributed by atoms with Crippen molar-refractivity contribution in [2.24, 2.45) is 5.92 Å². The molecule has 0 aliphatic heterocycles. The van der Waals surface area contributed by atoms with Crippen LogP contribution in [0.25, 0.3) is 0 Å². The summed E-state index contributed by atoms with van der Waals surface area (Å²) < 4.78 is 38.1. The number of nitrogen functional groups attached to an aromatic ring is 1. The standard InChI is InChI=1S/C14H22N2O4S/c1-9-4-5-10(6-9)16-21(17,18)14-7-11(15)12(19-2)8-13(14)20-3/h7-10,16H,4-6,15H2,1-3H3. The van der Waals surface area contributed by atoms with Crippen LogP contribution in [0, 0.1) is 5.92 Å². The van der Waals surface area contributed by atoms with Crippen molar-refractivity contribution >= 4 is 15.7 Å². The second-order valence-electron chi connectivity index (χ2n) is 5.48. The van der Waals surface area contributed by atoms with E-state index in [9.17, 15) is 8.42 Å². The molecule has 1 aromatic carbocycles. The lowest BCUT2D eigenvalue weighted by Crippen LogP contribution is -2.33. The first-order valence-corrected chi connectivity index (χ1v) is 8.39. The lowest BCUT2D eigenvalue weighted by Gasteiger charge is -2.16. The lowest BCUT2D eigenvalue weighted by atomic mass is 10.1. The van der Waals surface area contributed by atoms with E-state index in [4.69, 9.17) is 15.2 Å². The molecule has 0 bridgehead atoms. The third-order valence-electron chi connectivity index (χ3n) is 3.82. The molecular formula is C14H22N2O4S. The maximum absolute atomic E-state index is 12.5. The highest BCUT2D eigenvalue weighted by Gasteiger charge is 2.29. The average molecular weight is 314 g/mol. The van der Waals surface area contributed by atoms with Gasteiger partial charge in [0.25, 0.3) is 0 Å². The Morgan fingerprint density at radius 2 is 1.86 bits per heavy atom. The van der Waals surface area contributed by atoms with E-state index in [1.807, 2.05) is 0 Å². The second kappa shape index (κ2) is 6.11. The van der Waals surface area contributed by atoms with Gasteiger partial charge in [0.15, 0.2) is 0 Å². The summed E-state index contributed by atoms with van der Waals surface area (Å²) in [6.45, 7) is 2.13. The van der Waals surface area contributed by atoms with Gasteiger partial charge >= 0.3 is 0 Å². The number of nitrogens with two attached hydrogens (primary N) is 1. The summed E-state index contributed by atoms with van der Waals surface area (Å²) in [6, 6.07) is 2.83. The van der Waals surface area contributed by atoms with Crippen molar-refractivity contribution in [3.8, 4) is 11.5 Å². The first-order chi connectivity index (χ1) is 9.87. The molecule has 7 heteroatoms. The van der Waals surface area contributed by atoms with Crippen LogP contribution in [0.15, 0.2) is 17.0 Å². The van der Waals surface area contributed by atoms with E-state index in [-0.39, 0.29) is 22.4 Å². The molecule has 1 aliphatic carbocycles. The number of sulfonamides is 1. The molecule has 0 amide bonds. The summed E-state index contributed by atoms with van der Waals surface area (Å²) in [7, 11) is -0.780. The van der Waals surface area contributed by atoms with Gasteiger partial charge in [0, 0.05) is 12.1 Å². The molecule has 1 saturated carbocycles. The van der Waals surface area contributed by atoms with Gasteiger partial charge in [-0.1, -0.05) is 6.92 Å². The molecule has 6 nitrogen and oxygen atoms in total. The van der Waals surface area contributed by atoms with E-state index in [0.717, 1.165) is 19.3 Å². The van der Waals surface area contributed by atoms with E-state index in [1.54, 1.807) is 0 Å². The topological polar surface area (TPSA) is 90.6 Å². The lowest BCUT2D eigenvalue weighted by molar-refractivity contribution is 0.387. The Hall–Kier alpha value is -1.47. The summed E-state index contributed by atoms with van der Waals surface area (Å²) in [5.74, 6) is 1.15. The molecule has 1 aliphatic rings. The van der Waals surface area contributed by atoms with E-state index >= 15 is 0 Å². The minimum absolute atomic E-state index is 0.0296. The van der Waals surface area contributed by atoms with Crippen LogP contribution in [-0.2, 0) is 10.0 Å². The monoisotopic (exact) mass is 314 g/mol. The molecule has 2 rings (SSSR count). The normalized spacial score (nSPS) is 22.2. The predicted octanol–water partition coefficient (Wildman–Crippen LogP) is 1.75. The molecule has 21 heavy (non-hydrogen) atoms. The van der Waals surface area contributed by atoms with Crippen molar-refractivity contribution in [2.75, 3.05) is 20.0 Å². The van der Waals surface area contributed by atoms with Crippen LogP contribution in [-0.4, -0.2) is 28.7 Å². The largest absolute Gasteiger partial charge is 0.495 e. The fourth-order valence-electron chi connectivity index (χ4n) is 2.70. The Morgan fingerprint density at radius 1 is 1.19 bits per heavy atom. The summed E-state index contributed by atoms with van der Waals surface area (Å²) in [6.07, 6.45) is 2.75. The molecule has 1 aromatic rings. The zero-order valence-electron chi connectivity index (χ0n) is 12.5. The molecule has 0 heterocycles. The summed E-state index contributed by atoms with van der Waals surface area (Å²) >= 11 is 0. The van der Waals surface area contributed by atoms with Crippen LogP contribution in [0.1, 0.15) is 26.2 Å². The van der Waals surface area contributed by atoms with Crippen molar-refractivity contribution < 1.29 is 17.9 Å². The maximum atomic E-state index is 12.5. The van der Waals surface area contributed by atoms with Gasteiger partial charge in [0.05, 0.1) is 19.9 Å². The van der Waals surface area contributed by atoms with Gasteiger partial charge in [-0.05, 0) is 31.2 Å². The summed E-state index contributed by atoms with van der Waals surface area (Å²) in [5, 5.41) is 0. The smallest absolute Gasteiger partial charge is 0.244 e. The number of methoxy groups -OCH3 is 2. The highest BCUT2D eigenvalue weighted by atomic mass is 32.2. The van der Waals surface area contributed by atoms with Gasteiger partial charge in [0.1, 0.15) is 16.4 Å². The van der Waals surface area contributed by atoms with E-state index < -0.39 is 10.0 Å². The number of nitrogens with one attached hydrogen (secondary N) is 1. The summed E-state index contributed by atoms with van der Waals surface area (Å²) in [4.78, 5) is 0.0443. The van der Waals surface area contributed by atoms with Crippen LogP contribution in [0.2, 0.25) is 0 Å². The minimum atomic E-state index is -3.67. The van der Waals surface area contributed by atoms with Gasteiger partial charge in [0.2, 0.25) is 10.0 Å². The fourth-order valence-corrected chi connectivity index (χ4v) is 4.17. The van der Waals surface area contributed by atoms with Gasteiger partial charge in [-0.2, -0.15) is 0 Å². The Labute approximate surface area is 125 Å². The van der Waals surface area contributed by atoms with Crippen LogP contribution < -0.4 is 19.9 Å². The minimum Gasteiger partial charge on any atom is -0.495 e. The SMILES string of the molecule is COc1cc(OC)c(S(=O)(=O)NC2CCC(C)C2)cc1N. The Bertz CT molecular complexity index is 616. The van der Waals surface area contributed by atoms with Gasteiger partial charge in [-0.25, -0.2) is 13.1 Å². The average Bonchev–Trinajstić information content (AvgIpc) is 2.83. The first-order valence-electron chi connectivity index (χ1n) is 6.91. The fraction of sp³-hybridized carbons (Fsp3) is 0.571. The highest BCUT2D eigenvalue weighted by Crippen LogP contribution is 2.34. The highest BCUT2D eigenvalue weighted by molar-refractivity contribution is 7.89. The Balaban J connectivity index is 2.33. The number of benzene rings is 1. The summed E-state index contributed by atoms with van der Waals surface area (Å²) in [5.41, 5.74) is 6.07. The van der Waals surface area contributed by atoms with Gasteiger partial charge in [-0.15, -0.1) is 0 Å². The molecule has 1 fully saturated rings. The third-order valence-corrected chi connectivity index (χ3v) is 5.36. The molecule has 0 saturated heterocycles. The van der Waals surface area contributed by atoms with Crippen LogP contribution in [0.4, 0.5) is 5.69 Å². The van der Waals surface area contributed by atoms with Crippen LogP contribution in [0.3, 0.4) is 0 Å². The van der Waals surface area contributed by atoms with Gasteiger partial charge < -0.3 is 15.2 Å². The van der Waals surface area contributed by atoms with E-state index in [0.29, 0.717) is 11.7 Å². The molecule has 0 spiro atoms. The zero-order valence-corrected chi connectivity index (χ0v) is 13.4. The quantitative estimate of drug-likeness (QED) is 0.808. The number of hydrogen-bond donors (Lipinski definition) is 2. The molecule has 118 valence electrons. The van der Waals surface area contributed by atoms with Crippen molar-refractivity contribution in [3.63, 3.8) is 0 Å². The molecule has 0 radical (unpaired) electrons.